The van der Waals surface area contributed by atoms with Gasteiger partial charge in [-0.25, -0.2) is 0 Å². The number of nitrogens with zero attached hydrogens (tertiary/aromatic N) is 1. The summed E-state index contributed by atoms with van der Waals surface area (Å²) in [6, 6.07) is 10.3. The van der Waals surface area contributed by atoms with Gasteiger partial charge in [0.05, 0.1) is 0 Å². The van der Waals surface area contributed by atoms with Crippen LogP contribution in [-0.2, 0) is 6.42 Å². The highest BCUT2D eigenvalue weighted by Crippen LogP contribution is 2.39. The molecule has 0 heterocycles. The predicted octanol–water partition coefficient (Wildman–Crippen LogP) is 3.12. The normalized spacial score (nSPS) is 20.8. The molecule has 2 heteroatoms. The summed E-state index contributed by atoms with van der Waals surface area (Å²) in [5, 5.41) is 0. The Morgan fingerprint density at radius 1 is 1.16 bits per heavy atom. The number of hydrogen-bond donors (Lipinski definition) is 1. The average molecular weight is 258 g/mol. The average Bonchev–Trinajstić information content (AvgIpc) is 3.31. The van der Waals surface area contributed by atoms with Crippen LogP contribution in [0.25, 0.3) is 0 Å². The van der Waals surface area contributed by atoms with Crippen molar-refractivity contribution in [3.63, 3.8) is 0 Å². The van der Waals surface area contributed by atoms with Crippen LogP contribution in [0.15, 0.2) is 24.3 Å². The lowest BCUT2D eigenvalue weighted by Crippen LogP contribution is -2.37. The van der Waals surface area contributed by atoms with Crippen molar-refractivity contribution < 1.29 is 0 Å². The molecule has 0 amide bonds. The van der Waals surface area contributed by atoms with E-state index in [0.29, 0.717) is 6.04 Å². The highest BCUT2D eigenvalue weighted by atomic mass is 15.2. The number of nitrogens with two attached hydrogens (primary N) is 1. The first kappa shape index (κ1) is 13.1. The molecule has 3 rings (SSSR count). The van der Waals surface area contributed by atoms with Gasteiger partial charge in [0.15, 0.2) is 0 Å². The molecule has 2 aliphatic carbocycles. The van der Waals surface area contributed by atoms with Crippen LogP contribution in [0, 0.1) is 5.92 Å². The summed E-state index contributed by atoms with van der Waals surface area (Å²) in [4.78, 5) is 2.69. The second kappa shape index (κ2) is 5.64. The molecule has 1 unspecified atom stereocenters. The first-order valence-corrected chi connectivity index (χ1v) is 7.86. The summed E-state index contributed by atoms with van der Waals surface area (Å²) >= 11 is 0. The summed E-state index contributed by atoms with van der Waals surface area (Å²) in [5.74, 6) is 0.949. The first-order valence-electron chi connectivity index (χ1n) is 7.86. The number of benzene rings is 1. The van der Waals surface area contributed by atoms with Crippen LogP contribution in [0.4, 0.5) is 0 Å². The Hall–Kier alpha value is -0.860. The minimum Gasteiger partial charge on any atom is -0.329 e. The highest BCUT2D eigenvalue weighted by molar-refractivity contribution is 5.26. The summed E-state index contributed by atoms with van der Waals surface area (Å²) in [6.45, 7) is 4.22. The molecule has 0 saturated heterocycles. The predicted molar refractivity (Wildman–Crippen MR) is 80.1 cm³/mol. The minimum atomic E-state index is 0.430. The smallest absolute Gasteiger partial charge is 0.0473 e. The van der Waals surface area contributed by atoms with E-state index < -0.39 is 0 Å². The Morgan fingerprint density at radius 2 is 1.84 bits per heavy atom. The molecule has 19 heavy (non-hydrogen) atoms. The topological polar surface area (TPSA) is 29.3 Å². The van der Waals surface area contributed by atoms with E-state index in [2.05, 4.69) is 36.1 Å². The van der Waals surface area contributed by atoms with E-state index in [4.69, 9.17) is 5.73 Å². The number of aryl methyl sites for hydroxylation is 1. The standard InChI is InChI=1S/C17H26N2/c1-2-13-5-7-15(8-6-13)17(11-18)19(16-9-10-16)12-14-3-4-14/h5-8,14,16-17H,2-4,9-12,18H2,1H3. The molecule has 2 N–H and O–H groups in total. The quantitative estimate of drug-likeness (QED) is 0.814. The summed E-state index contributed by atoms with van der Waals surface area (Å²) < 4.78 is 0. The fourth-order valence-electron chi connectivity index (χ4n) is 2.97. The van der Waals surface area contributed by atoms with Gasteiger partial charge in [-0.1, -0.05) is 31.2 Å². The fourth-order valence-corrected chi connectivity index (χ4v) is 2.97. The lowest BCUT2D eigenvalue weighted by Gasteiger charge is -2.31. The van der Waals surface area contributed by atoms with E-state index in [0.717, 1.165) is 24.9 Å². The van der Waals surface area contributed by atoms with Gasteiger partial charge in [-0.2, -0.15) is 0 Å². The van der Waals surface area contributed by atoms with Gasteiger partial charge in [0.1, 0.15) is 0 Å². The molecule has 0 bridgehead atoms. The lowest BCUT2D eigenvalue weighted by molar-refractivity contribution is 0.183. The van der Waals surface area contributed by atoms with Crippen molar-refractivity contribution in [1.82, 2.24) is 4.90 Å². The first-order chi connectivity index (χ1) is 9.31. The zero-order valence-electron chi connectivity index (χ0n) is 12.0. The van der Waals surface area contributed by atoms with Crippen molar-refractivity contribution in [2.45, 2.75) is 51.1 Å². The van der Waals surface area contributed by atoms with E-state index in [1.54, 1.807) is 0 Å². The Bertz CT molecular complexity index is 404. The molecule has 2 saturated carbocycles. The van der Waals surface area contributed by atoms with E-state index >= 15 is 0 Å². The van der Waals surface area contributed by atoms with Gasteiger partial charge in [0, 0.05) is 25.2 Å². The zero-order chi connectivity index (χ0) is 13.2. The lowest BCUT2D eigenvalue weighted by atomic mass is 10.0. The SMILES string of the molecule is CCc1ccc(C(CN)N(CC2CC2)C2CC2)cc1. The third kappa shape index (κ3) is 3.18. The number of hydrogen-bond acceptors (Lipinski definition) is 2. The van der Waals surface area contributed by atoms with Crippen molar-refractivity contribution in [2.24, 2.45) is 11.7 Å². The van der Waals surface area contributed by atoms with Crippen LogP contribution in [-0.4, -0.2) is 24.0 Å². The van der Waals surface area contributed by atoms with Gasteiger partial charge in [-0.3, -0.25) is 4.90 Å². The van der Waals surface area contributed by atoms with E-state index in [1.807, 2.05) is 0 Å². The van der Waals surface area contributed by atoms with E-state index in [1.165, 1.54) is 43.4 Å². The van der Waals surface area contributed by atoms with Gasteiger partial charge in [-0.05, 0) is 49.1 Å². The maximum absolute atomic E-state index is 6.10. The van der Waals surface area contributed by atoms with E-state index in [-0.39, 0.29) is 0 Å². The van der Waals surface area contributed by atoms with Gasteiger partial charge in [0.2, 0.25) is 0 Å². The van der Waals surface area contributed by atoms with Gasteiger partial charge in [-0.15, -0.1) is 0 Å². The molecule has 104 valence electrons. The van der Waals surface area contributed by atoms with Crippen LogP contribution < -0.4 is 5.73 Å². The summed E-state index contributed by atoms with van der Waals surface area (Å²) in [6.07, 6.45) is 6.71. The Labute approximate surface area is 117 Å². The minimum absolute atomic E-state index is 0.430. The fraction of sp³-hybridized carbons (Fsp3) is 0.647. The van der Waals surface area contributed by atoms with Gasteiger partial charge >= 0.3 is 0 Å². The summed E-state index contributed by atoms with van der Waals surface area (Å²) in [5.41, 5.74) is 8.92. The third-order valence-corrected chi connectivity index (χ3v) is 4.58. The molecular weight excluding hydrogens is 232 g/mol. The van der Waals surface area contributed by atoms with Crippen molar-refractivity contribution in [3.05, 3.63) is 35.4 Å². The zero-order valence-corrected chi connectivity index (χ0v) is 12.0. The van der Waals surface area contributed by atoms with Crippen LogP contribution in [0.1, 0.15) is 49.8 Å². The molecule has 2 fully saturated rings. The van der Waals surface area contributed by atoms with Crippen molar-refractivity contribution in [2.75, 3.05) is 13.1 Å². The molecular formula is C17H26N2. The van der Waals surface area contributed by atoms with Crippen LogP contribution in [0.2, 0.25) is 0 Å². The van der Waals surface area contributed by atoms with Crippen LogP contribution in [0.3, 0.4) is 0 Å². The van der Waals surface area contributed by atoms with E-state index in [9.17, 15) is 0 Å². The molecule has 1 aromatic rings. The molecule has 1 atom stereocenters. The molecule has 2 nitrogen and oxygen atoms in total. The van der Waals surface area contributed by atoms with Crippen molar-refractivity contribution in [1.29, 1.82) is 0 Å². The Kier molecular flexibility index (Phi) is 3.90. The highest BCUT2D eigenvalue weighted by Gasteiger charge is 2.37. The van der Waals surface area contributed by atoms with Crippen molar-refractivity contribution in [3.8, 4) is 0 Å². The molecule has 2 aliphatic rings. The summed E-state index contributed by atoms with van der Waals surface area (Å²) in [7, 11) is 0. The maximum Gasteiger partial charge on any atom is 0.0473 e. The Morgan fingerprint density at radius 3 is 2.32 bits per heavy atom. The van der Waals surface area contributed by atoms with Crippen LogP contribution in [0.5, 0.6) is 0 Å². The molecule has 0 aromatic heterocycles. The largest absolute Gasteiger partial charge is 0.329 e. The molecule has 0 aliphatic heterocycles. The van der Waals surface area contributed by atoms with Gasteiger partial charge in [0.25, 0.3) is 0 Å². The molecule has 1 aromatic carbocycles. The maximum atomic E-state index is 6.10. The second-order valence-corrected chi connectivity index (χ2v) is 6.22. The second-order valence-electron chi connectivity index (χ2n) is 6.22. The number of rotatable bonds is 7. The van der Waals surface area contributed by atoms with Gasteiger partial charge < -0.3 is 5.73 Å². The molecule has 0 spiro atoms. The Balaban J connectivity index is 1.75. The monoisotopic (exact) mass is 258 g/mol. The van der Waals surface area contributed by atoms with Crippen molar-refractivity contribution >= 4 is 0 Å². The molecule has 0 radical (unpaired) electrons. The third-order valence-electron chi connectivity index (χ3n) is 4.58. The van der Waals surface area contributed by atoms with Crippen LogP contribution >= 0.6 is 0 Å².